The van der Waals surface area contributed by atoms with Crippen molar-refractivity contribution in [3.8, 4) is 0 Å². The first kappa shape index (κ1) is 10.3. The Bertz CT molecular complexity index is 688. The number of sulfone groups is 1. The minimum absolute atomic E-state index is 0.273. The van der Waals surface area contributed by atoms with E-state index < -0.39 is 9.84 Å². The number of rotatable bonds is 0. The Hall–Kier alpha value is -1.82. The Balaban J connectivity index is 2.38. The minimum Gasteiger partial charge on any atom is -0.380 e. The maximum Gasteiger partial charge on any atom is 0.225 e. The predicted molar refractivity (Wildman–Crippen MR) is 62.4 cm³/mol. The summed E-state index contributed by atoms with van der Waals surface area (Å²) in [6, 6.07) is 6.92. The molecule has 1 aliphatic rings. The number of aromatic nitrogens is 2. The van der Waals surface area contributed by atoms with Crippen molar-refractivity contribution in [3.05, 3.63) is 36.0 Å². The number of aryl methyl sites for hydroxylation is 1. The van der Waals surface area contributed by atoms with E-state index in [0.29, 0.717) is 22.7 Å². The molecule has 3 rings (SSSR count). The molecule has 5 nitrogen and oxygen atoms in total. The van der Waals surface area contributed by atoms with E-state index in [1.807, 2.05) is 6.07 Å². The SMILES string of the molecule is Cn1ncc2c1S(=O)(=O)c1ccccc1NC2. The molecule has 1 aliphatic heterocycles. The summed E-state index contributed by atoms with van der Waals surface area (Å²) in [5.74, 6) is 0. The van der Waals surface area contributed by atoms with E-state index in [0.717, 1.165) is 0 Å². The van der Waals surface area contributed by atoms with Gasteiger partial charge in [0.25, 0.3) is 0 Å². The molecule has 0 saturated carbocycles. The Morgan fingerprint density at radius 2 is 2.12 bits per heavy atom. The van der Waals surface area contributed by atoms with Gasteiger partial charge in [-0.05, 0) is 12.1 Å². The van der Waals surface area contributed by atoms with Crippen molar-refractivity contribution in [2.45, 2.75) is 16.5 Å². The molecular formula is C11H11N3O2S. The van der Waals surface area contributed by atoms with Crippen LogP contribution in [-0.2, 0) is 23.4 Å². The lowest BCUT2D eigenvalue weighted by molar-refractivity contribution is 0.576. The largest absolute Gasteiger partial charge is 0.380 e. The van der Waals surface area contributed by atoms with Crippen molar-refractivity contribution in [3.63, 3.8) is 0 Å². The highest BCUT2D eigenvalue weighted by Gasteiger charge is 2.30. The van der Waals surface area contributed by atoms with Crippen LogP contribution in [0, 0.1) is 0 Å². The Morgan fingerprint density at radius 3 is 2.94 bits per heavy atom. The average molecular weight is 249 g/mol. The van der Waals surface area contributed by atoms with Crippen molar-refractivity contribution in [2.75, 3.05) is 5.32 Å². The van der Waals surface area contributed by atoms with Gasteiger partial charge in [-0.3, -0.25) is 4.68 Å². The summed E-state index contributed by atoms with van der Waals surface area (Å²) in [6.07, 6.45) is 1.59. The second-order valence-electron chi connectivity index (χ2n) is 3.95. The second kappa shape index (κ2) is 3.33. The van der Waals surface area contributed by atoms with Crippen LogP contribution in [0.15, 0.2) is 40.4 Å². The first-order chi connectivity index (χ1) is 8.10. The fourth-order valence-electron chi connectivity index (χ4n) is 2.08. The fraction of sp³-hybridized carbons (Fsp3) is 0.182. The van der Waals surface area contributed by atoms with Gasteiger partial charge in [-0.25, -0.2) is 8.42 Å². The van der Waals surface area contributed by atoms with Crippen molar-refractivity contribution < 1.29 is 8.42 Å². The molecule has 0 fully saturated rings. The quantitative estimate of drug-likeness (QED) is 0.761. The number of anilines is 1. The maximum atomic E-state index is 12.5. The highest BCUT2D eigenvalue weighted by atomic mass is 32.2. The van der Waals surface area contributed by atoms with Gasteiger partial charge in [0, 0.05) is 19.2 Å². The maximum absolute atomic E-state index is 12.5. The summed E-state index contributed by atoms with van der Waals surface area (Å²) in [6.45, 7) is 0.472. The Labute approximate surface area is 99.0 Å². The van der Waals surface area contributed by atoms with Crippen molar-refractivity contribution in [2.24, 2.45) is 7.05 Å². The first-order valence-electron chi connectivity index (χ1n) is 5.19. The number of nitrogens with zero attached hydrogens (tertiary/aromatic N) is 2. The summed E-state index contributed by atoms with van der Waals surface area (Å²) in [7, 11) is -1.84. The van der Waals surface area contributed by atoms with E-state index in [2.05, 4.69) is 10.4 Å². The second-order valence-corrected chi connectivity index (χ2v) is 5.79. The number of fused-ring (bicyclic) bond motifs is 2. The Morgan fingerprint density at radius 1 is 1.35 bits per heavy atom. The van der Waals surface area contributed by atoms with Crippen LogP contribution in [0.25, 0.3) is 0 Å². The van der Waals surface area contributed by atoms with Crippen LogP contribution in [0.3, 0.4) is 0 Å². The minimum atomic E-state index is -3.49. The lowest BCUT2D eigenvalue weighted by atomic mass is 10.3. The Kier molecular flexibility index (Phi) is 2.03. The summed E-state index contributed by atoms with van der Waals surface area (Å²) < 4.78 is 26.4. The zero-order valence-electron chi connectivity index (χ0n) is 9.21. The predicted octanol–water partition coefficient (Wildman–Crippen LogP) is 1.18. The van der Waals surface area contributed by atoms with Gasteiger partial charge in [-0.15, -0.1) is 0 Å². The molecular weight excluding hydrogens is 238 g/mol. The van der Waals surface area contributed by atoms with E-state index in [1.54, 1.807) is 31.4 Å². The molecule has 0 amide bonds. The van der Waals surface area contributed by atoms with Gasteiger partial charge in [-0.2, -0.15) is 5.10 Å². The van der Waals surface area contributed by atoms with Crippen LogP contribution in [0.1, 0.15) is 5.56 Å². The van der Waals surface area contributed by atoms with Gasteiger partial charge >= 0.3 is 0 Å². The van der Waals surface area contributed by atoms with E-state index >= 15 is 0 Å². The van der Waals surface area contributed by atoms with Gasteiger partial charge in [0.1, 0.15) is 0 Å². The van der Waals surface area contributed by atoms with Crippen LogP contribution in [0.5, 0.6) is 0 Å². The number of para-hydroxylation sites is 1. The van der Waals surface area contributed by atoms with Gasteiger partial charge in [0.15, 0.2) is 5.03 Å². The highest BCUT2D eigenvalue weighted by molar-refractivity contribution is 7.91. The van der Waals surface area contributed by atoms with Crippen LogP contribution < -0.4 is 5.32 Å². The summed E-state index contributed by atoms with van der Waals surface area (Å²) in [5.41, 5.74) is 1.34. The van der Waals surface area contributed by atoms with Gasteiger partial charge in [-0.1, -0.05) is 12.1 Å². The van der Waals surface area contributed by atoms with Crippen molar-refractivity contribution in [1.82, 2.24) is 9.78 Å². The van der Waals surface area contributed by atoms with Gasteiger partial charge in [0.05, 0.1) is 16.8 Å². The molecule has 1 N–H and O–H groups in total. The zero-order valence-corrected chi connectivity index (χ0v) is 10.0. The topological polar surface area (TPSA) is 64.0 Å². The fourth-order valence-corrected chi connectivity index (χ4v) is 3.84. The smallest absolute Gasteiger partial charge is 0.225 e. The van der Waals surface area contributed by atoms with Crippen molar-refractivity contribution >= 4 is 15.5 Å². The molecule has 6 heteroatoms. The average Bonchev–Trinajstić information content (AvgIpc) is 2.63. The third kappa shape index (κ3) is 1.37. The molecule has 0 radical (unpaired) electrons. The molecule has 2 heterocycles. The molecule has 17 heavy (non-hydrogen) atoms. The molecule has 0 spiro atoms. The summed E-state index contributed by atoms with van der Waals surface area (Å²) >= 11 is 0. The number of nitrogens with one attached hydrogen (secondary N) is 1. The molecule has 0 unspecified atom stereocenters. The van der Waals surface area contributed by atoms with Gasteiger partial charge in [0.2, 0.25) is 9.84 Å². The third-order valence-corrected chi connectivity index (χ3v) is 4.83. The summed E-state index contributed by atoms with van der Waals surface area (Å²) in [4.78, 5) is 0.308. The normalized spacial score (nSPS) is 16.5. The first-order valence-corrected chi connectivity index (χ1v) is 6.68. The molecule has 0 bridgehead atoms. The third-order valence-electron chi connectivity index (χ3n) is 2.86. The van der Waals surface area contributed by atoms with E-state index in [-0.39, 0.29) is 5.03 Å². The number of hydrogen-bond donors (Lipinski definition) is 1. The summed E-state index contributed by atoms with van der Waals surface area (Å²) in [5, 5.41) is 7.40. The van der Waals surface area contributed by atoms with Crippen LogP contribution in [0.2, 0.25) is 0 Å². The molecule has 0 aliphatic carbocycles. The van der Waals surface area contributed by atoms with E-state index in [4.69, 9.17) is 0 Å². The van der Waals surface area contributed by atoms with Crippen LogP contribution >= 0.6 is 0 Å². The standard InChI is InChI=1S/C11H11N3O2S/c1-14-11-8(7-13-14)6-12-9-4-2-3-5-10(9)17(11,15)16/h2-5,7,12H,6H2,1H3. The zero-order chi connectivity index (χ0) is 12.0. The number of benzene rings is 1. The molecule has 88 valence electrons. The van der Waals surface area contributed by atoms with Gasteiger partial charge < -0.3 is 5.32 Å². The van der Waals surface area contributed by atoms with E-state index in [1.165, 1.54) is 4.68 Å². The molecule has 2 aromatic rings. The molecule has 0 saturated heterocycles. The molecule has 1 aromatic carbocycles. The molecule has 0 atom stereocenters. The lowest BCUT2D eigenvalue weighted by Gasteiger charge is -2.07. The van der Waals surface area contributed by atoms with Crippen LogP contribution in [0.4, 0.5) is 5.69 Å². The highest BCUT2D eigenvalue weighted by Crippen LogP contribution is 2.32. The van der Waals surface area contributed by atoms with Crippen LogP contribution in [-0.4, -0.2) is 18.2 Å². The van der Waals surface area contributed by atoms with Crippen molar-refractivity contribution in [1.29, 1.82) is 0 Å². The monoisotopic (exact) mass is 249 g/mol. The van der Waals surface area contributed by atoms with E-state index in [9.17, 15) is 8.42 Å². The lowest BCUT2D eigenvalue weighted by Crippen LogP contribution is -2.09. The number of hydrogen-bond acceptors (Lipinski definition) is 4. The molecule has 1 aromatic heterocycles.